The van der Waals surface area contributed by atoms with Gasteiger partial charge in [-0.2, -0.15) is 5.10 Å². The molecule has 0 saturated heterocycles. The third kappa shape index (κ3) is 4.06. The average molecular weight is 294 g/mol. The van der Waals surface area contributed by atoms with Gasteiger partial charge in [-0.1, -0.05) is 24.6 Å². The molecule has 0 aliphatic carbocycles. The van der Waals surface area contributed by atoms with E-state index in [1.807, 2.05) is 0 Å². The van der Waals surface area contributed by atoms with Crippen molar-refractivity contribution >= 4 is 17.4 Å². The molecule has 1 heterocycles. The molecule has 2 aromatic rings. The van der Waals surface area contributed by atoms with Crippen molar-refractivity contribution in [2.75, 3.05) is 6.61 Å². The molecular weight excluding hydrogens is 278 g/mol. The van der Waals surface area contributed by atoms with Crippen LogP contribution in [0, 0.1) is 0 Å². The highest BCUT2D eigenvalue weighted by Gasteiger charge is 2.10. The zero-order valence-corrected chi connectivity index (χ0v) is 12.0. The van der Waals surface area contributed by atoms with E-state index in [4.69, 9.17) is 16.3 Å². The van der Waals surface area contributed by atoms with Gasteiger partial charge >= 0.3 is 0 Å². The van der Waals surface area contributed by atoms with Crippen LogP contribution in [0.3, 0.4) is 0 Å². The molecule has 20 heavy (non-hydrogen) atoms. The van der Waals surface area contributed by atoms with E-state index in [2.05, 4.69) is 17.0 Å². The Labute approximate surface area is 122 Å². The maximum Gasteiger partial charge on any atom is 0.177 e. The van der Waals surface area contributed by atoms with Crippen molar-refractivity contribution in [3.05, 3.63) is 41.4 Å². The first-order chi connectivity index (χ1) is 9.69. The quantitative estimate of drug-likeness (QED) is 0.787. The number of carbonyl (C=O) groups excluding carboxylic acids is 1. The van der Waals surface area contributed by atoms with Gasteiger partial charge in [-0.25, -0.2) is 9.67 Å². The number of carbonyl (C=O) groups is 1. The maximum absolute atomic E-state index is 11.9. The van der Waals surface area contributed by atoms with Crippen LogP contribution < -0.4 is 4.74 Å². The molecule has 0 unspecified atom stereocenters. The molecular formula is C14H16ClN3O2. The van der Waals surface area contributed by atoms with E-state index in [1.54, 1.807) is 28.9 Å². The lowest BCUT2D eigenvalue weighted by molar-refractivity contribution is -0.120. The summed E-state index contributed by atoms with van der Waals surface area (Å²) in [6.45, 7) is 2.81. The molecule has 0 bridgehead atoms. The van der Waals surface area contributed by atoms with Gasteiger partial charge in [0.25, 0.3) is 0 Å². The van der Waals surface area contributed by atoms with Gasteiger partial charge in [-0.05, 0) is 24.6 Å². The summed E-state index contributed by atoms with van der Waals surface area (Å²) in [6.07, 6.45) is 2.64. The Balaban J connectivity index is 1.88. The molecule has 2 rings (SSSR count). The highest BCUT2D eigenvalue weighted by Crippen LogP contribution is 2.17. The molecule has 0 saturated carbocycles. The van der Waals surface area contributed by atoms with Gasteiger partial charge in [0.2, 0.25) is 0 Å². The van der Waals surface area contributed by atoms with Gasteiger partial charge in [0.1, 0.15) is 24.5 Å². The number of ether oxygens (including phenoxy) is 1. The van der Waals surface area contributed by atoms with Crippen molar-refractivity contribution in [1.29, 1.82) is 0 Å². The van der Waals surface area contributed by atoms with Crippen LogP contribution in [0.5, 0.6) is 5.75 Å². The third-order valence-corrected chi connectivity index (χ3v) is 2.92. The van der Waals surface area contributed by atoms with Crippen molar-refractivity contribution in [2.45, 2.75) is 26.3 Å². The van der Waals surface area contributed by atoms with Crippen LogP contribution >= 0.6 is 11.6 Å². The molecule has 0 radical (unpaired) electrons. The molecule has 1 aromatic heterocycles. The number of nitrogens with zero attached hydrogens (tertiary/aromatic N) is 3. The van der Waals surface area contributed by atoms with Crippen molar-refractivity contribution in [1.82, 2.24) is 14.8 Å². The van der Waals surface area contributed by atoms with Gasteiger partial charge in [-0.15, -0.1) is 0 Å². The van der Waals surface area contributed by atoms with E-state index < -0.39 is 0 Å². The van der Waals surface area contributed by atoms with E-state index in [-0.39, 0.29) is 18.8 Å². The Morgan fingerprint density at radius 2 is 2.30 bits per heavy atom. The number of benzene rings is 1. The van der Waals surface area contributed by atoms with E-state index in [0.717, 1.165) is 13.0 Å². The predicted molar refractivity (Wildman–Crippen MR) is 76.0 cm³/mol. The second kappa shape index (κ2) is 7.05. The normalized spacial score (nSPS) is 10.5. The predicted octanol–water partition coefficient (Wildman–Crippen LogP) is 2.53. The molecule has 5 nitrogen and oxygen atoms in total. The maximum atomic E-state index is 11.9. The minimum Gasteiger partial charge on any atom is -0.486 e. The minimum absolute atomic E-state index is 0.000667. The highest BCUT2D eigenvalue weighted by atomic mass is 35.5. The molecule has 1 aromatic carbocycles. The zero-order chi connectivity index (χ0) is 14.4. The van der Waals surface area contributed by atoms with Crippen LogP contribution in [0.4, 0.5) is 0 Å². The van der Waals surface area contributed by atoms with E-state index in [1.165, 1.54) is 6.33 Å². The second-order valence-corrected chi connectivity index (χ2v) is 4.80. The van der Waals surface area contributed by atoms with Crippen LogP contribution in [0.15, 0.2) is 30.6 Å². The number of aryl methyl sites for hydroxylation is 1. The Morgan fingerprint density at radius 1 is 1.45 bits per heavy atom. The highest BCUT2D eigenvalue weighted by molar-refractivity contribution is 6.30. The summed E-state index contributed by atoms with van der Waals surface area (Å²) in [6, 6.07) is 6.97. The van der Waals surface area contributed by atoms with Gasteiger partial charge in [0.05, 0.1) is 6.42 Å². The summed E-state index contributed by atoms with van der Waals surface area (Å²) < 4.78 is 7.15. The number of halogens is 1. The second-order valence-electron chi connectivity index (χ2n) is 4.36. The molecule has 0 amide bonds. The molecule has 0 atom stereocenters. The first kappa shape index (κ1) is 14.5. The third-order valence-electron chi connectivity index (χ3n) is 2.68. The summed E-state index contributed by atoms with van der Waals surface area (Å²) in [5, 5.41) is 4.67. The monoisotopic (exact) mass is 293 g/mol. The fourth-order valence-electron chi connectivity index (χ4n) is 1.77. The van der Waals surface area contributed by atoms with Crippen LogP contribution in [0.25, 0.3) is 0 Å². The van der Waals surface area contributed by atoms with Crippen LogP contribution in [-0.4, -0.2) is 27.2 Å². The number of ketones is 1. The number of hydrogen-bond acceptors (Lipinski definition) is 4. The zero-order valence-electron chi connectivity index (χ0n) is 11.3. The average Bonchev–Trinajstić information content (AvgIpc) is 2.84. The summed E-state index contributed by atoms with van der Waals surface area (Å²) in [7, 11) is 0. The molecule has 0 N–H and O–H groups in total. The van der Waals surface area contributed by atoms with Gasteiger partial charge in [0.15, 0.2) is 5.78 Å². The van der Waals surface area contributed by atoms with Crippen LogP contribution in [-0.2, 0) is 17.8 Å². The topological polar surface area (TPSA) is 57.0 Å². The Morgan fingerprint density at radius 3 is 3.05 bits per heavy atom. The Hall–Kier alpha value is -1.88. The number of rotatable bonds is 7. The number of hydrogen-bond donors (Lipinski definition) is 0. The van der Waals surface area contributed by atoms with Crippen molar-refractivity contribution in [3.8, 4) is 5.75 Å². The smallest absolute Gasteiger partial charge is 0.177 e. The first-order valence-electron chi connectivity index (χ1n) is 6.45. The first-order valence-corrected chi connectivity index (χ1v) is 6.83. The van der Waals surface area contributed by atoms with Crippen LogP contribution in [0.2, 0.25) is 5.02 Å². The SMILES string of the molecule is CCCn1ncnc1CC(=O)COc1cccc(Cl)c1. The fraction of sp³-hybridized carbons (Fsp3) is 0.357. The standard InChI is InChI=1S/C14H16ClN3O2/c1-2-6-18-14(16-10-17-18)8-12(19)9-20-13-5-3-4-11(15)7-13/h3-5,7,10H,2,6,8-9H2,1H3. The molecule has 0 fully saturated rings. The Bertz CT molecular complexity index is 583. The summed E-state index contributed by atoms with van der Waals surface area (Å²) in [4.78, 5) is 16.0. The van der Waals surface area contributed by atoms with Gasteiger partial charge in [0, 0.05) is 11.6 Å². The van der Waals surface area contributed by atoms with E-state index >= 15 is 0 Å². The van der Waals surface area contributed by atoms with Gasteiger partial charge in [-0.3, -0.25) is 4.79 Å². The fourth-order valence-corrected chi connectivity index (χ4v) is 1.95. The van der Waals surface area contributed by atoms with Crippen molar-refractivity contribution in [2.24, 2.45) is 0 Å². The molecule has 106 valence electrons. The van der Waals surface area contributed by atoms with Crippen LogP contribution in [0.1, 0.15) is 19.2 Å². The molecule has 0 spiro atoms. The molecule has 0 aliphatic rings. The number of aromatic nitrogens is 3. The number of Topliss-reactive ketones (excluding diaryl/α,β-unsaturated/α-hetero) is 1. The summed E-state index contributed by atoms with van der Waals surface area (Å²) in [5.74, 6) is 1.21. The minimum atomic E-state index is -0.0460. The molecule has 6 heteroatoms. The lowest BCUT2D eigenvalue weighted by Gasteiger charge is -2.06. The lowest BCUT2D eigenvalue weighted by atomic mass is 10.3. The van der Waals surface area contributed by atoms with Crippen molar-refractivity contribution in [3.63, 3.8) is 0 Å². The Kier molecular flexibility index (Phi) is 5.12. The summed E-state index contributed by atoms with van der Waals surface area (Å²) in [5.41, 5.74) is 0. The molecule has 0 aliphatic heterocycles. The van der Waals surface area contributed by atoms with E-state index in [0.29, 0.717) is 16.6 Å². The largest absolute Gasteiger partial charge is 0.486 e. The summed E-state index contributed by atoms with van der Waals surface area (Å²) >= 11 is 5.84. The lowest BCUT2D eigenvalue weighted by Crippen LogP contribution is -2.17. The van der Waals surface area contributed by atoms with E-state index in [9.17, 15) is 4.79 Å². The van der Waals surface area contributed by atoms with Crippen molar-refractivity contribution < 1.29 is 9.53 Å². The van der Waals surface area contributed by atoms with Gasteiger partial charge < -0.3 is 4.74 Å².